The number of nitrogens with two attached hydrogens (primary N) is 1. The van der Waals surface area contributed by atoms with Crippen molar-refractivity contribution in [2.45, 2.75) is 11.1 Å². The third-order valence-electron chi connectivity index (χ3n) is 1.66. The van der Waals surface area contributed by atoms with E-state index in [1.807, 2.05) is 0 Å². The Kier molecular flexibility index (Phi) is 3.39. The van der Waals surface area contributed by atoms with Gasteiger partial charge in [0.2, 0.25) is 0 Å². The van der Waals surface area contributed by atoms with E-state index in [9.17, 15) is 21.6 Å². The van der Waals surface area contributed by atoms with Crippen LogP contribution in [-0.2, 0) is 9.84 Å². The smallest absolute Gasteiger partial charge is 0.398 e. The molecule has 0 saturated heterocycles. The van der Waals surface area contributed by atoms with Crippen molar-refractivity contribution < 1.29 is 21.6 Å². The Balaban J connectivity index is 3.22. The van der Waals surface area contributed by atoms with E-state index in [-0.39, 0.29) is 10.7 Å². The number of sulfone groups is 1. The second kappa shape index (κ2) is 4.14. The molecule has 0 bridgehead atoms. The molecule has 1 rings (SSSR count). The molecule has 0 amide bonds. The average molecular weight is 274 g/mol. The highest BCUT2D eigenvalue weighted by molar-refractivity contribution is 7.91. The molecule has 90 valence electrons. The van der Waals surface area contributed by atoms with Gasteiger partial charge in [-0.2, -0.15) is 13.2 Å². The first kappa shape index (κ1) is 13.1. The normalized spacial score (nSPS) is 12.8. The first-order valence-corrected chi connectivity index (χ1v) is 5.99. The first-order valence-electron chi connectivity index (χ1n) is 3.96. The Morgan fingerprint density at radius 2 is 1.88 bits per heavy atom. The summed E-state index contributed by atoms with van der Waals surface area (Å²) in [7, 11) is -4.51. The summed E-state index contributed by atoms with van der Waals surface area (Å²) in [5.74, 6) is -1.95. The van der Waals surface area contributed by atoms with E-state index in [1.54, 1.807) is 0 Å². The Morgan fingerprint density at radius 1 is 1.31 bits per heavy atom. The maximum absolute atomic E-state index is 12.0. The lowest BCUT2D eigenvalue weighted by atomic mass is 10.3. The lowest BCUT2D eigenvalue weighted by molar-refractivity contribution is -0.106. The monoisotopic (exact) mass is 273 g/mol. The molecule has 0 aliphatic rings. The van der Waals surface area contributed by atoms with Crippen molar-refractivity contribution in [3.05, 3.63) is 23.2 Å². The SMILES string of the molecule is Nc1ccc(Cl)cc1S(=O)(=O)CC(F)(F)F. The molecule has 0 radical (unpaired) electrons. The van der Waals surface area contributed by atoms with Crippen LogP contribution in [0, 0.1) is 0 Å². The Hall–Kier alpha value is -0.950. The van der Waals surface area contributed by atoms with Crippen molar-refractivity contribution in [3.8, 4) is 0 Å². The molecular weight excluding hydrogens is 267 g/mol. The summed E-state index contributed by atoms with van der Waals surface area (Å²) < 4.78 is 58.8. The maximum Gasteiger partial charge on any atom is 0.403 e. The summed E-state index contributed by atoms with van der Waals surface area (Å²) in [6, 6.07) is 3.34. The van der Waals surface area contributed by atoms with Gasteiger partial charge < -0.3 is 5.73 Å². The average Bonchev–Trinajstić information content (AvgIpc) is 2.04. The van der Waals surface area contributed by atoms with E-state index < -0.39 is 26.7 Å². The van der Waals surface area contributed by atoms with Crippen LogP contribution in [0.5, 0.6) is 0 Å². The molecule has 3 nitrogen and oxygen atoms in total. The van der Waals surface area contributed by atoms with Gasteiger partial charge in [0.05, 0.1) is 10.6 Å². The lowest BCUT2D eigenvalue weighted by Gasteiger charge is -2.10. The largest absolute Gasteiger partial charge is 0.403 e. The fourth-order valence-corrected chi connectivity index (χ4v) is 2.63. The molecule has 0 unspecified atom stereocenters. The number of benzene rings is 1. The predicted octanol–water partition coefficient (Wildman–Crippen LogP) is 2.26. The summed E-state index contributed by atoms with van der Waals surface area (Å²) in [4.78, 5) is -0.600. The molecule has 0 aliphatic carbocycles. The van der Waals surface area contributed by atoms with Crippen LogP contribution in [0.1, 0.15) is 0 Å². The second-order valence-electron chi connectivity index (χ2n) is 3.06. The van der Waals surface area contributed by atoms with Gasteiger partial charge in [0.25, 0.3) is 0 Å². The number of rotatable bonds is 2. The fourth-order valence-electron chi connectivity index (χ4n) is 1.07. The summed E-state index contributed by atoms with van der Waals surface area (Å²) in [6.07, 6.45) is -4.81. The van der Waals surface area contributed by atoms with Crippen LogP contribution in [0.15, 0.2) is 23.1 Å². The Labute approximate surface area is 94.9 Å². The van der Waals surface area contributed by atoms with Gasteiger partial charge in [-0.1, -0.05) is 11.6 Å². The van der Waals surface area contributed by atoms with Crippen LogP contribution in [0.2, 0.25) is 5.02 Å². The zero-order valence-electron chi connectivity index (χ0n) is 7.75. The molecule has 1 aromatic carbocycles. The Bertz CT molecular complexity index is 498. The first-order chi connectivity index (χ1) is 7.12. The Morgan fingerprint density at radius 3 is 2.38 bits per heavy atom. The summed E-state index contributed by atoms with van der Waals surface area (Å²) in [6.45, 7) is 0. The number of alkyl halides is 3. The number of nitrogen functional groups attached to an aromatic ring is 1. The molecule has 1 aromatic rings. The van der Waals surface area contributed by atoms with Crippen molar-refractivity contribution >= 4 is 27.1 Å². The topological polar surface area (TPSA) is 60.2 Å². The van der Waals surface area contributed by atoms with Gasteiger partial charge in [-0.05, 0) is 18.2 Å². The summed E-state index contributed by atoms with van der Waals surface area (Å²) in [5, 5.41) is 0.00921. The summed E-state index contributed by atoms with van der Waals surface area (Å²) >= 11 is 5.49. The highest BCUT2D eigenvalue weighted by Gasteiger charge is 2.36. The zero-order chi connectivity index (χ0) is 12.6. The van der Waals surface area contributed by atoms with E-state index in [0.717, 1.165) is 12.1 Å². The number of hydrogen-bond donors (Lipinski definition) is 1. The standard InChI is InChI=1S/C8H7ClF3NO2S/c9-5-1-2-6(13)7(3-5)16(14,15)4-8(10,11)12/h1-3H,4,13H2. The lowest BCUT2D eigenvalue weighted by Crippen LogP contribution is -2.23. The van der Waals surface area contributed by atoms with Crippen LogP contribution in [-0.4, -0.2) is 20.3 Å². The molecule has 0 atom stereocenters. The van der Waals surface area contributed by atoms with Crippen molar-refractivity contribution in [1.29, 1.82) is 0 Å². The van der Waals surface area contributed by atoms with Crippen LogP contribution >= 0.6 is 11.6 Å². The van der Waals surface area contributed by atoms with E-state index in [1.165, 1.54) is 6.07 Å². The van der Waals surface area contributed by atoms with E-state index in [4.69, 9.17) is 17.3 Å². The molecule has 2 N–H and O–H groups in total. The van der Waals surface area contributed by atoms with Gasteiger partial charge in [0.15, 0.2) is 15.6 Å². The van der Waals surface area contributed by atoms with Crippen molar-refractivity contribution in [3.63, 3.8) is 0 Å². The van der Waals surface area contributed by atoms with Gasteiger partial charge >= 0.3 is 6.18 Å². The van der Waals surface area contributed by atoms with Crippen molar-refractivity contribution in [1.82, 2.24) is 0 Å². The van der Waals surface area contributed by atoms with Crippen LogP contribution < -0.4 is 5.73 Å². The molecule has 0 saturated carbocycles. The maximum atomic E-state index is 12.0. The molecule has 0 heterocycles. The van der Waals surface area contributed by atoms with Crippen LogP contribution in [0.3, 0.4) is 0 Å². The third kappa shape index (κ3) is 3.28. The molecule has 8 heteroatoms. The molecule has 0 spiro atoms. The van der Waals surface area contributed by atoms with Crippen molar-refractivity contribution in [2.24, 2.45) is 0 Å². The van der Waals surface area contributed by atoms with E-state index in [2.05, 4.69) is 0 Å². The van der Waals surface area contributed by atoms with Gasteiger partial charge in [-0.3, -0.25) is 0 Å². The van der Waals surface area contributed by atoms with Gasteiger partial charge in [-0.15, -0.1) is 0 Å². The minimum atomic E-state index is -4.81. The number of anilines is 1. The van der Waals surface area contributed by atoms with Crippen LogP contribution in [0.4, 0.5) is 18.9 Å². The molecule has 0 aromatic heterocycles. The molecule has 16 heavy (non-hydrogen) atoms. The fraction of sp³-hybridized carbons (Fsp3) is 0.250. The van der Waals surface area contributed by atoms with Gasteiger partial charge in [0.1, 0.15) is 0 Å². The predicted molar refractivity (Wildman–Crippen MR) is 54.0 cm³/mol. The highest BCUT2D eigenvalue weighted by atomic mass is 35.5. The summed E-state index contributed by atoms with van der Waals surface area (Å²) in [5.41, 5.74) is 5.03. The highest BCUT2D eigenvalue weighted by Crippen LogP contribution is 2.28. The minimum absolute atomic E-state index is 0.00921. The quantitative estimate of drug-likeness (QED) is 0.841. The van der Waals surface area contributed by atoms with E-state index in [0.29, 0.717) is 0 Å². The number of hydrogen-bond acceptors (Lipinski definition) is 3. The number of halogens is 4. The second-order valence-corrected chi connectivity index (χ2v) is 5.45. The van der Waals surface area contributed by atoms with E-state index >= 15 is 0 Å². The van der Waals surface area contributed by atoms with Crippen LogP contribution in [0.25, 0.3) is 0 Å². The molecular formula is C8H7ClF3NO2S. The van der Waals surface area contributed by atoms with Crippen molar-refractivity contribution in [2.75, 3.05) is 11.5 Å². The van der Waals surface area contributed by atoms with Gasteiger partial charge in [-0.25, -0.2) is 8.42 Å². The molecule has 0 fully saturated rings. The third-order valence-corrected chi connectivity index (χ3v) is 3.63. The molecule has 0 aliphatic heterocycles. The minimum Gasteiger partial charge on any atom is -0.398 e. The van der Waals surface area contributed by atoms with Gasteiger partial charge in [0, 0.05) is 5.02 Å². The zero-order valence-corrected chi connectivity index (χ0v) is 9.33.